The number of rotatable bonds is 11. The number of piperazine rings is 1. The molecule has 4 rings (SSSR count). The van der Waals surface area contributed by atoms with Crippen molar-refractivity contribution in [1.29, 1.82) is 0 Å². The predicted molar refractivity (Wildman–Crippen MR) is 164 cm³/mol. The van der Waals surface area contributed by atoms with Crippen LogP contribution in [0.4, 0.5) is 11.5 Å². The van der Waals surface area contributed by atoms with Gasteiger partial charge in [-0.15, -0.1) is 0 Å². The first-order chi connectivity index (χ1) is 19.3. The molecule has 3 heterocycles. The van der Waals surface area contributed by atoms with Crippen LogP contribution in [-0.2, 0) is 16.1 Å². The lowest BCUT2D eigenvalue weighted by Crippen LogP contribution is -2.46. The lowest BCUT2D eigenvalue weighted by atomic mass is 9.79. The Hall–Kier alpha value is -4.08. The number of nitrogens with zero attached hydrogens (tertiary/aromatic N) is 4. The molecule has 1 fully saturated rings. The minimum atomic E-state index is -1.04. The van der Waals surface area contributed by atoms with Crippen molar-refractivity contribution in [2.75, 3.05) is 36.4 Å². The molecule has 1 aliphatic rings. The highest BCUT2D eigenvalue weighted by Crippen LogP contribution is 2.31. The molecule has 0 unspecified atom stereocenters. The summed E-state index contributed by atoms with van der Waals surface area (Å²) in [5.74, 6) is -0.250. The fourth-order valence-corrected chi connectivity index (χ4v) is 5.05. The summed E-state index contributed by atoms with van der Waals surface area (Å²) in [6, 6.07) is 15.8. The van der Waals surface area contributed by atoms with Crippen molar-refractivity contribution >= 4 is 35.5 Å². The number of aryl methyl sites for hydroxylation is 1. The number of carbonyl (C=O) groups excluding carboxylic acids is 1. The molecule has 9 nitrogen and oxygen atoms in total. The van der Waals surface area contributed by atoms with Crippen LogP contribution in [-0.4, -0.2) is 63.5 Å². The summed E-state index contributed by atoms with van der Waals surface area (Å²) in [4.78, 5) is 38.4. The molecule has 1 aromatic carbocycles. The van der Waals surface area contributed by atoms with Crippen LogP contribution in [0.1, 0.15) is 55.5 Å². The lowest BCUT2D eigenvalue weighted by Gasteiger charge is -2.35. The second-order valence-electron chi connectivity index (χ2n) is 10.5. The van der Waals surface area contributed by atoms with Crippen LogP contribution < -0.4 is 10.2 Å². The summed E-state index contributed by atoms with van der Waals surface area (Å²) in [7, 11) is 0. The Morgan fingerprint density at radius 3 is 2.44 bits per heavy atom. The molecule has 41 heavy (non-hydrogen) atoms. The van der Waals surface area contributed by atoms with Crippen LogP contribution in [0.5, 0.6) is 0 Å². The number of amides is 1. The molecule has 1 aliphatic heterocycles. The Morgan fingerprint density at radius 1 is 1.02 bits per heavy atom. The predicted octanol–water partition coefficient (Wildman–Crippen LogP) is 4.67. The van der Waals surface area contributed by atoms with Crippen LogP contribution >= 0.6 is 0 Å². The molecular formula is C32H41N5O4. The zero-order chi connectivity index (χ0) is 28.5. The van der Waals surface area contributed by atoms with E-state index in [0.717, 1.165) is 55.4 Å². The fourth-order valence-electron chi connectivity index (χ4n) is 5.05. The fraction of sp³-hybridized carbons (Fsp3) is 0.375. The molecule has 0 spiro atoms. The molecule has 0 saturated carbocycles. The van der Waals surface area contributed by atoms with Crippen molar-refractivity contribution in [3.8, 4) is 0 Å². The van der Waals surface area contributed by atoms with Gasteiger partial charge in [0.05, 0.1) is 11.1 Å². The number of hydrogen-bond donors (Lipinski definition) is 2. The SMILES string of the molecule is CCC(CC)(CC(=O)Nc1cccc(C=Cc2nc(N3CCN(Cc4cccnc4)CC3)ccc2C)c1)C(=O)O.O. The van der Waals surface area contributed by atoms with E-state index < -0.39 is 11.4 Å². The summed E-state index contributed by atoms with van der Waals surface area (Å²) < 4.78 is 0. The Morgan fingerprint density at radius 2 is 1.78 bits per heavy atom. The molecule has 1 amide bonds. The summed E-state index contributed by atoms with van der Waals surface area (Å²) in [5.41, 5.74) is 3.74. The van der Waals surface area contributed by atoms with Crippen molar-refractivity contribution in [1.82, 2.24) is 14.9 Å². The van der Waals surface area contributed by atoms with Crippen LogP contribution in [0.3, 0.4) is 0 Å². The maximum absolute atomic E-state index is 12.7. The summed E-state index contributed by atoms with van der Waals surface area (Å²) >= 11 is 0. The normalized spacial score (nSPS) is 14.1. The average molecular weight is 560 g/mol. The van der Waals surface area contributed by atoms with Gasteiger partial charge in [-0.2, -0.15) is 0 Å². The standard InChI is InChI=1S/C32H39N5O3.H2O/c1-4-32(5-2,31(39)40)21-30(38)34-27-10-6-8-25(20-27)12-13-28-24(3)11-14-29(35-28)37-18-16-36(17-19-37)23-26-9-7-15-33-22-26;/h6-15,20,22H,4-5,16-19,21,23H2,1-3H3,(H,34,38)(H,39,40);1H2. The Kier molecular flexibility index (Phi) is 11.1. The van der Waals surface area contributed by atoms with E-state index in [1.54, 1.807) is 6.20 Å². The number of carboxylic acid groups (broad SMARTS) is 1. The topological polar surface area (TPSA) is 130 Å². The first kappa shape index (κ1) is 31.4. The van der Waals surface area contributed by atoms with Gasteiger partial charge in [-0.1, -0.05) is 44.2 Å². The zero-order valence-corrected chi connectivity index (χ0v) is 24.1. The van der Waals surface area contributed by atoms with E-state index in [2.05, 4.69) is 45.2 Å². The average Bonchev–Trinajstić information content (AvgIpc) is 2.96. The molecule has 0 radical (unpaired) electrons. The molecule has 9 heteroatoms. The molecule has 0 bridgehead atoms. The number of hydrogen-bond acceptors (Lipinski definition) is 6. The number of carboxylic acids is 1. The van der Waals surface area contributed by atoms with Crippen LogP contribution in [0.15, 0.2) is 60.9 Å². The molecule has 0 aliphatic carbocycles. The zero-order valence-electron chi connectivity index (χ0n) is 24.1. The Bertz CT molecular complexity index is 1330. The van der Waals surface area contributed by atoms with Crippen molar-refractivity contribution in [3.05, 3.63) is 83.3 Å². The summed E-state index contributed by atoms with van der Waals surface area (Å²) in [5, 5.41) is 12.5. The van der Waals surface area contributed by atoms with Gasteiger partial charge >= 0.3 is 5.97 Å². The van der Waals surface area contributed by atoms with Gasteiger partial charge in [0.1, 0.15) is 5.82 Å². The van der Waals surface area contributed by atoms with Crippen molar-refractivity contribution in [2.45, 2.75) is 46.6 Å². The van der Waals surface area contributed by atoms with Crippen molar-refractivity contribution < 1.29 is 20.2 Å². The smallest absolute Gasteiger partial charge is 0.310 e. The number of aliphatic carboxylic acids is 1. The maximum Gasteiger partial charge on any atom is 0.310 e. The molecule has 3 aromatic rings. The van der Waals surface area contributed by atoms with Gasteiger partial charge in [-0.25, -0.2) is 4.98 Å². The third kappa shape index (κ3) is 8.22. The van der Waals surface area contributed by atoms with Gasteiger partial charge < -0.3 is 20.8 Å². The molecule has 0 atom stereocenters. The van der Waals surface area contributed by atoms with Gasteiger partial charge in [0.25, 0.3) is 0 Å². The van der Waals surface area contributed by atoms with Gasteiger partial charge in [0, 0.05) is 57.2 Å². The molecule has 1 saturated heterocycles. The number of carbonyl (C=O) groups is 2. The van der Waals surface area contributed by atoms with E-state index in [9.17, 15) is 14.7 Å². The van der Waals surface area contributed by atoms with Crippen molar-refractivity contribution in [2.24, 2.45) is 5.41 Å². The Balaban J connectivity index is 0.00000462. The highest BCUT2D eigenvalue weighted by atomic mass is 16.4. The second kappa shape index (κ2) is 14.5. The van der Waals surface area contributed by atoms with Gasteiger partial charge in [0.2, 0.25) is 5.91 Å². The van der Waals surface area contributed by atoms with Gasteiger partial charge in [-0.05, 0) is 66.8 Å². The minimum absolute atomic E-state index is 0. The molecular weight excluding hydrogens is 518 g/mol. The van der Waals surface area contributed by atoms with E-state index in [4.69, 9.17) is 4.98 Å². The number of aromatic nitrogens is 2. The quantitative estimate of drug-likeness (QED) is 0.349. The lowest BCUT2D eigenvalue weighted by molar-refractivity contribution is -0.151. The van der Waals surface area contributed by atoms with Crippen LogP contribution in [0, 0.1) is 12.3 Å². The molecule has 218 valence electrons. The third-order valence-corrected chi connectivity index (χ3v) is 7.86. The largest absolute Gasteiger partial charge is 0.481 e. The van der Waals surface area contributed by atoms with Crippen LogP contribution in [0.2, 0.25) is 0 Å². The number of pyridine rings is 2. The van der Waals surface area contributed by atoms with Gasteiger partial charge in [-0.3, -0.25) is 19.5 Å². The number of benzene rings is 1. The minimum Gasteiger partial charge on any atom is -0.481 e. The monoisotopic (exact) mass is 559 g/mol. The summed E-state index contributed by atoms with van der Waals surface area (Å²) in [6.45, 7) is 10.4. The number of anilines is 2. The van der Waals surface area contributed by atoms with E-state index in [0.29, 0.717) is 18.5 Å². The van der Waals surface area contributed by atoms with Crippen LogP contribution in [0.25, 0.3) is 12.2 Å². The van der Waals surface area contributed by atoms with E-state index in [1.165, 1.54) is 5.56 Å². The van der Waals surface area contributed by atoms with E-state index >= 15 is 0 Å². The molecule has 2 aromatic heterocycles. The first-order valence-corrected chi connectivity index (χ1v) is 14.0. The highest BCUT2D eigenvalue weighted by molar-refractivity contribution is 5.94. The molecule has 4 N–H and O–H groups in total. The highest BCUT2D eigenvalue weighted by Gasteiger charge is 2.37. The Labute approximate surface area is 242 Å². The first-order valence-electron chi connectivity index (χ1n) is 14.0. The van der Waals surface area contributed by atoms with Gasteiger partial charge in [0.15, 0.2) is 0 Å². The van der Waals surface area contributed by atoms with E-state index in [1.807, 2.05) is 62.5 Å². The maximum atomic E-state index is 12.7. The third-order valence-electron chi connectivity index (χ3n) is 7.86. The second-order valence-corrected chi connectivity index (χ2v) is 10.5. The van der Waals surface area contributed by atoms with Crippen molar-refractivity contribution in [3.63, 3.8) is 0 Å². The summed E-state index contributed by atoms with van der Waals surface area (Å²) in [6.07, 6.45) is 8.48. The number of nitrogens with one attached hydrogen (secondary N) is 1. The van der Waals surface area contributed by atoms with E-state index in [-0.39, 0.29) is 17.8 Å².